The minimum atomic E-state index is -1.24. The molecule has 0 saturated carbocycles. The summed E-state index contributed by atoms with van der Waals surface area (Å²) in [5, 5.41) is 12.6. The van der Waals surface area contributed by atoms with Gasteiger partial charge in [0.1, 0.15) is 29.8 Å². The van der Waals surface area contributed by atoms with E-state index in [0.29, 0.717) is 0 Å². The first kappa shape index (κ1) is 51.3. The van der Waals surface area contributed by atoms with E-state index in [2.05, 4.69) is 26.6 Å². The first-order valence-electron chi connectivity index (χ1n) is 19.4. The Morgan fingerprint density at radius 3 is 1.95 bits per heavy atom. The van der Waals surface area contributed by atoms with Gasteiger partial charge in [-0.1, -0.05) is 58.0 Å². The maximum absolute atomic E-state index is 13.1. The molecule has 6 amide bonds. The van der Waals surface area contributed by atoms with Gasteiger partial charge in [0, 0.05) is 32.9 Å². The topological polar surface area (TPSA) is 254 Å². The summed E-state index contributed by atoms with van der Waals surface area (Å²) in [6, 6.07) is 4.37. The van der Waals surface area contributed by atoms with Crippen LogP contribution in [0.4, 0.5) is 9.59 Å². The van der Waals surface area contributed by atoms with Crippen molar-refractivity contribution in [3.8, 4) is 0 Å². The van der Waals surface area contributed by atoms with Crippen LogP contribution in [-0.2, 0) is 58.9 Å². The monoisotopic (exact) mass is 834 g/mol. The van der Waals surface area contributed by atoms with Crippen molar-refractivity contribution >= 4 is 53.7 Å². The van der Waals surface area contributed by atoms with Crippen molar-refractivity contribution in [3.63, 3.8) is 0 Å². The van der Waals surface area contributed by atoms with Crippen molar-refractivity contribution in [3.05, 3.63) is 35.9 Å². The lowest BCUT2D eigenvalue weighted by Gasteiger charge is -2.23. The van der Waals surface area contributed by atoms with E-state index < -0.39 is 90.0 Å². The van der Waals surface area contributed by atoms with E-state index >= 15 is 0 Å². The van der Waals surface area contributed by atoms with Gasteiger partial charge in [-0.25, -0.2) is 19.2 Å². The van der Waals surface area contributed by atoms with Crippen LogP contribution >= 0.6 is 0 Å². The van der Waals surface area contributed by atoms with E-state index in [1.54, 1.807) is 72.7 Å². The average Bonchev–Trinajstić information content (AvgIpc) is 3.13. The average molecular weight is 835 g/mol. The van der Waals surface area contributed by atoms with Crippen molar-refractivity contribution in [1.82, 2.24) is 31.5 Å². The number of hydrogen-bond acceptors (Lipinski definition) is 13. The second kappa shape index (κ2) is 25.6. The molecule has 19 heteroatoms. The van der Waals surface area contributed by atoms with Gasteiger partial charge in [0.2, 0.25) is 29.5 Å². The van der Waals surface area contributed by atoms with Crippen LogP contribution in [0.5, 0.6) is 0 Å². The fourth-order valence-electron chi connectivity index (χ4n) is 5.10. The summed E-state index contributed by atoms with van der Waals surface area (Å²) in [7, 11) is 2.44. The molecule has 0 saturated heterocycles. The standard InChI is InChI=1S/C40H62N6O13/c1-24(2)20-30(37(53)58-39(55)57-23-25(3)4)44-34(50)26(5)42-32(48)22-46(9)33(49)17-16-28(36(52)56-10)43-31(47)18-19-41-35(51)29(21-27-14-12-11-13-15-27)45-38(54)59-40(6,7)8/h11-15,24-26,28-30H,16-23H2,1-10H3,(H,41,51)(H,42,48)(H,43,47)(H,44,50)(H,45,54)/t26-,28-,29+,30+/m1/s1. The Kier molecular flexibility index (Phi) is 22.2. The maximum Gasteiger partial charge on any atom is 0.516 e. The third-order valence-corrected chi connectivity index (χ3v) is 8.01. The fraction of sp³-hybridized carbons (Fsp3) is 0.625. The van der Waals surface area contributed by atoms with Crippen LogP contribution in [0.1, 0.15) is 86.6 Å². The lowest BCUT2D eigenvalue weighted by atomic mass is 10.0. The maximum atomic E-state index is 13.1. The molecule has 5 N–H and O–H groups in total. The molecule has 0 aliphatic rings. The van der Waals surface area contributed by atoms with Crippen LogP contribution in [0.25, 0.3) is 0 Å². The molecule has 0 fully saturated rings. The molecule has 0 aliphatic carbocycles. The van der Waals surface area contributed by atoms with Gasteiger partial charge in [0.25, 0.3) is 0 Å². The van der Waals surface area contributed by atoms with Gasteiger partial charge >= 0.3 is 24.2 Å². The predicted octanol–water partition coefficient (Wildman–Crippen LogP) is 1.90. The number of carbonyl (C=O) groups is 9. The van der Waals surface area contributed by atoms with Gasteiger partial charge in [0.15, 0.2) is 0 Å². The van der Waals surface area contributed by atoms with Crippen molar-refractivity contribution < 1.29 is 62.1 Å². The molecule has 1 aromatic rings. The number of nitrogens with one attached hydrogen (secondary N) is 5. The molecule has 0 spiro atoms. The number of hydrogen-bond donors (Lipinski definition) is 5. The van der Waals surface area contributed by atoms with E-state index in [1.165, 1.54) is 14.0 Å². The smallest absolute Gasteiger partial charge is 0.467 e. The summed E-state index contributed by atoms with van der Waals surface area (Å²) in [5.41, 5.74) is -0.0253. The second-order valence-corrected chi connectivity index (χ2v) is 15.7. The summed E-state index contributed by atoms with van der Waals surface area (Å²) in [6.45, 7) is 13.0. The van der Waals surface area contributed by atoms with E-state index in [-0.39, 0.29) is 57.1 Å². The number of ether oxygens (including phenoxy) is 4. The number of likely N-dealkylation sites (N-methyl/N-ethyl adjacent to an activating group) is 1. The van der Waals surface area contributed by atoms with E-state index in [0.717, 1.165) is 17.6 Å². The summed E-state index contributed by atoms with van der Waals surface area (Å²) < 4.78 is 19.7. The van der Waals surface area contributed by atoms with Gasteiger partial charge in [0.05, 0.1) is 20.3 Å². The molecular formula is C40H62N6O13. The zero-order valence-corrected chi connectivity index (χ0v) is 35.8. The summed E-state index contributed by atoms with van der Waals surface area (Å²) in [5.74, 6) is -5.15. The van der Waals surface area contributed by atoms with Crippen molar-refractivity contribution in [2.45, 2.75) is 117 Å². The number of nitrogens with zero attached hydrogens (tertiary/aromatic N) is 1. The van der Waals surface area contributed by atoms with E-state index in [9.17, 15) is 43.2 Å². The molecule has 19 nitrogen and oxygen atoms in total. The lowest BCUT2D eigenvalue weighted by Crippen LogP contribution is -2.52. The van der Waals surface area contributed by atoms with Crippen LogP contribution in [-0.4, -0.2) is 122 Å². The van der Waals surface area contributed by atoms with Crippen LogP contribution in [0, 0.1) is 11.8 Å². The van der Waals surface area contributed by atoms with Crippen LogP contribution in [0.3, 0.4) is 0 Å². The van der Waals surface area contributed by atoms with E-state index in [1.807, 2.05) is 6.07 Å². The second-order valence-electron chi connectivity index (χ2n) is 15.7. The molecule has 330 valence electrons. The molecular weight excluding hydrogens is 772 g/mol. The van der Waals surface area contributed by atoms with Crippen LogP contribution in [0.15, 0.2) is 30.3 Å². The molecule has 1 rings (SSSR count). The largest absolute Gasteiger partial charge is 0.516 e. The third-order valence-electron chi connectivity index (χ3n) is 8.01. The van der Waals surface area contributed by atoms with Crippen LogP contribution in [0.2, 0.25) is 0 Å². The molecule has 0 aromatic heterocycles. The Hall–Kier alpha value is -5.75. The summed E-state index contributed by atoms with van der Waals surface area (Å²) in [4.78, 5) is 115. The molecule has 0 aliphatic heterocycles. The lowest BCUT2D eigenvalue weighted by molar-refractivity contribution is -0.146. The Morgan fingerprint density at radius 2 is 1.37 bits per heavy atom. The van der Waals surface area contributed by atoms with Crippen molar-refractivity contribution in [2.24, 2.45) is 11.8 Å². The first-order chi connectivity index (χ1) is 27.5. The Bertz CT molecular complexity index is 1600. The Labute approximate surface area is 345 Å². The van der Waals surface area contributed by atoms with E-state index in [4.69, 9.17) is 18.9 Å². The Morgan fingerprint density at radius 1 is 0.729 bits per heavy atom. The zero-order valence-electron chi connectivity index (χ0n) is 35.8. The fourth-order valence-corrected chi connectivity index (χ4v) is 5.10. The van der Waals surface area contributed by atoms with Crippen molar-refractivity contribution in [1.29, 1.82) is 0 Å². The molecule has 0 bridgehead atoms. The third kappa shape index (κ3) is 22.1. The molecule has 0 heterocycles. The van der Waals surface area contributed by atoms with Gasteiger partial charge in [-0.05, 0) is 57.9 Å². The van der Waals surface area contributed by atoms with Crippen LogP contribution < -0.4 is 26.6 Å². The summed E-state index contributed by atoms with van der Waals surface area (Å²) >= 11 is 0. The number of methoxy groups -OCH3 is 1. The van der Waals surface area contributed by atoms with Gasteiger partial charge in [-0.2, -0.15) is 0 Å². The predicted molar refractivity (Wildman–Crippen MR) is 213 cm³/mol. The molecule has 0 unspecified atom stereocenters. The van der Waals surface area contributed by atoms with Gasteiger partial charge in [-0.3, -0.25) is 24.0 Å². The number of benzene rings is 1. The number of esters is 2. The Balaban J connectivity index is 2.71. The number of rotatable bonds is 22. The normalized spacial score (nSPS) is 13.1. The van der Waals surface area contributed by atoms with Crippen molar-refractivity contribution in [2.75, 3.05) is 33.9 Å². The van der Waals surface area contributed by atoms with Gasteiger partial charge in [-0.15, -0.1) is 0 Å². The quantitative estimate of drug-likeness (QED) is 0.0637. The summed E-state index contributed by atoms with van der Waals surface area (Å²) in [6.07, 6.45) is -2.43. The van der Waals surface area contributed by atoms with Gasteiger partial charge < -0.3 is 50.4 Å². The minimum absolute atomic E-state index is 0.00985. The first-order valence-corrected chi connectivity index (χ1v) is 19.4. The highest BCUT2D eigenvalue weighted by Gasteiger charge is 2.30. The SMILES string of the molecule is COC(=O)[C@@H](CCC(=O)N(C)CC(=O)N[C@H](C)C(=O)N[C@@H](CC(C)C)C(=O)OC(=O)OCC(C)C)NC(=O)CCNC(=O)[C@H](Cc1ccccc1)NC(=O)OC(C)(C)C. The number of alkyl carbamates (subject to hydrolysis) is 1. The minimum Gasteiger partial charge on any atom is -0.467 e. The molecule has 59 heavy (non-hydrogen) atoms. The zero-order chi connectivity index (χ0) is 44.9. The molecule has 1 aromatic carbocycles. The highest BCUT2D eigenvalue weighted by atomic mass is 16.7. The number of carbonyl (C=O) groups excluding carboxylic acids is 9. The molecule has 0 radical (unpaired) electrons. The highest BCUT2D eigenvalue weighted by Crippen LogP contribution is 2.11. The highest BCUT2D eigenvalue weighted by molar-refractivity contribution is 5.93. The molecule has 4 atom stereocenters. The number of amides is 6.